The van der Waals surface area contributed by atoms with Crippen molar-refractivity contribution in [3.8, 4) is 22.8 Å². The topological polar surface area (TPSA) is 71.5 Å². The molecule has 0 aliphatic heterocycles. The fraction of sp³-hybridized carbons (Fsp3) is 0.0500. The molecule has 6 nitrogen and oxygen atoms in total. The second-order valence-electron chi connectivity index (χ2n) is 5.66. The summed E-state index contributed by atoms with van der Waals surface area (Å²) in [6, 6.07) is 20.0. The van der Waals surface area contributed by atoms with Crippen LogP contribution in [0.4, 0.5) is 11.5 Å². The number of pyridine rings is 1. The Morgan fingerprint density at radius 3 is 2.62 bits per heavy atom. The van der Waals surface area contributed by atoms with Crippen LogP contribution in [0.1, 0.15) is 0 Å². The Balaban J connectivity index is 1.85. The van der Waals surface area contributed by atoms with Crippen LogP contribution in [0.3, 0.4) is 0 Å². The summed E-state index contributed by atoms with van der Waals surface area (Å²) in [6.45, 7) is 0. The lowest BCUT2D eigenvalue weighted by Gasteiger charge is -2.03. The van der Waals surface area contributed by atoms with E-state index in [1.54, 1.807) is 31.4 Å². The van der Waals surface area contributed by atoms with Gasteiger partial charge in [0.15, 0.2) is 5.82 Å². The van der Waals surface area contributed by atoms with E-state index in [1.807, 2.05) is 53.1 Å². The molecule has 1 N–H and O–H groups in total. The van der Waals surface area contributed by atoms with Crippen LogP contribution in [0.5, 0.6) is 11.5 Å². The molecule has 0 saturated heterocycles. The van der Waals surface area contributed by atoms with Gasteiger partial charge in [-0.3, -0.25) is 4.40 Å². The molecule has 6 heteroatoms. The molecule has 4 aromatic rings. The number of nitrogens with zero attached hydrogens (tertiary/aromatic N) is 4. The Hall–Kier alpha value is -3.67. The van der Waals surface area contributed by atoms with Crippen molar-refractivity contribution >= 4 is 17.2 Å². The fourth-order valence-electron chi connectivity index (χ4n) is 2.67. The number of azo groups is 1. The van der Waals surface area contributed by atoms with Gasteiger partial charge in [-0.05, 0) is 48.5 Å². The summed E-state index contributed by atoms with van der Waals surface area (Å²) in [7, 11) is 1.63. The first-order valence-electron chi connectivity index (χ1n) is 8.07. The van der Waals surface area contributed by atoms with E-state index in [0.29, 0.717) is 11.5 Å². The number of methoxy groups -OCH3 is 1. The molecule has 4 rings (SSSR count). The highest BCUT2D eigenvalue weighted by atomic mass is 16.5. The van der Waals surface area contributed by atoms with Crippen molar-refractivity contribution in [3.05, 3.63) is 72.9 Å². The molecule has 0 unspecified atom stereocenters. The second-order valence-corrected chi connectivity index (χ2v) is 5.66. The number of phenolic OH excluding ortho intramolecular Hbond substituents is 1. The number of rotatable bonds is 4. The normalized spacial score (nSPS) is 11.3. The van der Waals surface area contributed by atoms with E-state index in [-0.39, 0.29) is 5.75 Å². The predicted molar refractivity (Wildman–Crippen MR) is 99.5 cm³/mol. The number of hydrogen-bond acceptors (Lipinski definition) is 5. The van der Waals surface area contributed by atoms with E-state index >= 15 is 0 Å². The third-order valence-corrected chi connectivity index (χ3v) is 3.96. The van der Waals surface area contributed by atoms with Crippen molar-refractivity contribution in [3.63, 3.8) is 0 Å². The number of imidazole rings is 1. The lowest BCUT2D eigenvalue weighted by Crippen LogP contribution is -1.84. The van der Waals surface area contributed by atoms with E-state index in [0.717, 1.165) is 22.7 Å². The summed E-state index contributed by atoms with van der Waals surface area (Å²) in [5, 5.41) is 18.1. The standard InChI is InChI=1S/C20H16N4O2/c1-26-17-6-4-5-14(13-17)19-20(24-12-3-2-7-18(24)21-19)23-22-15-8-10-16(25)11-9-15/h2-13,25H,1H3. The summed E-state index contributed by atoms with van der Waals surface area (Å²) < 4.78 is 7.21. The number of fused-ring (bicyclic) bond motifs is 1. The number of benzene rings is 2. The minimum atomic E-state index is 0.191. The Morgan fingerprint density at radius 1 is 0.962 bits per heavy atom. The van der Waals surface area contributed by atoms with Crippen molar-refractivity contribution in [2.45, 2.75) is 0 Å². The average Bonchev–Trinajstić information content (AvgIpc) is 3.06. The maximum absolute atomic E-state index is 9.39. The third-order valence-electron chi connectivity index (χ3n) is 3.96. The second kappa shape index (κ2) is 6.68. The first kappa shape index (κ1) is 15.8. The monoisotopic (exact) mass is 344 g/mol. The Labute approximate surface area is 150 Å². The summed E-state index contributed by atoms with van der Waals surface area (Å²) in [5.41, 5.74) is 3.04. The molecule has 2 heterocycles. The minimum absolute atomic E-state index is 0.191. The van der Waals surface area contributed by atoms with Crippen LogP contribution in [-0.2, 0) is 0 Å². The molecule has 0 spiro atoms. The van der Waals surface area contributed by atoms with E-state index < -0.39 is 0 Å². The van der Waals surface area contributed by atoms with Crippen molar-refractivity contribution in [1.29, 1.82) is 0 Å². The maximum atomic E-state index is 9.39. The zero-order valence-corrected chi connectivity index (χ0v) is 14.1. The number of aromatic nitrogens is 2. The van der Waals surface area contributed by atoms with Crippen molar-refractivity contribution in [1.82, 2.24) is 9.38 Å². The number of ether oxygens (including phenoxy) is 1. The molecule has 0 amide bonds. The van der Waals surface area contributed by atoms with Crippen molar-refractivity contribution in [2.75, 3.05) is 7.11 Å². The van der Waals surface area contributed by atoms with Gasteiger partial charge in [-0.25, -0.2) is 4.98 Å². The number of aromatic hydroxyl groups is 1. The first-order chi connectivity index (χ1) is 12.7. The zero-order chi connectivity index (χ0) is 17.9. The van der Waals surface area contributed by atoms with Gasteiger partial charge >= 0.3 is 0 Å². The number of phenols is 1. The van der Waals surface area contributed by atoms with Crippen LogP contribution >= 0.6 is 0 Å². The molecule has 0 atom stereocenters. The van der Waals surface area contributed by atoms with Gasteiger partial charge in [0, 0.05) is 11.8 Å². The summed E-state index contributed by atoms with van der Waals surface area (Å²) in [5.74, 6) is 1.57. The van der Waals surface area contributed by atoms with Gasteiger partial charge in [-0.15, -0.1) is 10.2 Å². The van der Waals surface area contributed by atoms with Crippen molar-refractivity contribution < 1.29 is 9.84 Å². The molecule has 2 aromatic heterocycles. The van der Waals surface area contributed by atoms with Crippen molar-refractivity contribution in [2.24, 2.45) is 10.2 Å². The summed E-state index contributed by atoms with van der Waals surface area (Å²) >= 11 is 0. The highest BCUT2D eigenvalue weighted by Crippen LogP contribution is 2.33. The summed E-state index contributed by atoms with van der Waals surface area (Å²) in [6.07, 6.45) is 1.90. The van der Waals surface area contributed by atoms with Crippen LogP contribution in [0, 0.1) is 0 Å². The van der Waals surface area contributed by atoms with Gasteiger partial charge in [0.25, 0.3) is 0 Å². The molecule has 0 fully saturated rings. The quantitative estimate of drug-likeness (QED) is 0.522. The predicted octanol–water partition coefficient (Wildman–Crippen LogP) is 5.13. The average molecular weight is 344 g/mol. The molecule has 0 saturated carbocycles. The zero-order valence-electron chi connectivity index (χ0n) is 14.1. The van der Waals surface area contributed by atoms with E-state index in [9.17, 15) is 5.11 Å². The number of hydrogen-bond donors (Lipinski definition) is 1. The van der Waals surface area contributed by atoms with Crippen LogP contribution in [0.15, 0.2) is 83.2 Å². The lowest BCUT2D eigenvalue weighted by molar-refractivity contribution is 0.415. The third kappa shape index (κ3) is 3.00. The molecule has 0 aliphatic rings. The van der Waals surface area contributed by atoms with Crippen LogP contribution in [0.25, 0.3) is 16.9 Å². The van der Waals surface area contributed by atoms with Gasteiger partial charge in [0.05, 0.1) is 12.8 Å². The Kier molecular flexibility index (Phi) is 4.07. The van der Waals surface area contributed by atoms with Gasteiger partial charge in [0.1, 0.15) is 22.8 Å². The SMILES string of the molecule is COc1cccc(-c2nc3ccccn3c2N=Nc2ccc(O)cc2)c1. The van der Waals surface area contributed by atoms with E-state index in [1.165, 1.54) is 0 Å². The Morgan fingerprint density at radius 2 is 1.81 bits per heavy atom. The van der Waals surface area contributed by atoms with Crippen LogP contribution < -0.4 is 4.74 Å². The Bertz CT molecular complexity index is 1080. The molecule has 0 radical (unpaired) electrons. The van der Waals surface area contributed by atoms with E-state index in [2.05, 4.69) is 10.2 Å². The van der Waals surface area contributed by atoms with Gasteiger partial charge in [-0.2, -0.15) is 0 Å². The van der Waals surface area contributed by atoms with Gasteiger partial charge in [-0.1, -0.05) is 18.2 Å². The lowest BCUT2D eigenvalue weighted by atomic mass is 10.1. The molecule has 26 heavy (non-hydrogen) atoms. The molecule has 0 bridgehead atoms. The molecule has 2 aromatic carbocycles. The molecule has 0 aliphatic carbocycles. The van der Waals surface area contributed by atoms with Crippen LogP contribution in [-0.4, -0.2) is 21.6 Å². The molecular weight excluding hydrogens is 328 g/mol. The largest absolute Gasteiger partial charge is 0.508 e. The molecular formula is C20H16N4O2. The van der Waals surface area contributed by atoms with E-state index in [4.69, 9.17) is 9.72 Å². The van der Waals surface area contributed by atoms with Gasteiger partial charge in [0.2, 0.25) is 0 Å². The molecule has 128 valence electrons. The minimum Gasteiger partial charge on any atom is -0.508 e. The maximum Gasteiger partial charge on any atom is 0.187 e. The first-order valence-corrected chi connectivity index (χ1v) is 8.07. The highest BCUT2D eigenvalue weighted by Gasteiger charge is 2.14. The smallest absolute Gasteiger partial charge is 0.187 e. The summed E-state index contributed by atoms with van der Waals surface area (Å²) in [4.78, 5) is 4.70. The highest BCUT2D eigenvalue weighted by molar-refractivity contribution is 5.75. The van der Waals surface area contributed by atoms with Crippen LogP contribution in [0.2, 0.25) is 0 Å². The van der Waals surface area contributed by atoms with Gasteiger partial charge < -0.3 is 9.84 Å². The fourth-order valence-corrected chi connectivity index (χ4v) is 2.67.